The van der Waals surface area contributed by atoms with Crippen LogP contribution >= 0.6 is 15.9 Å². The molecule has 1 saturated heterocycles. The zero-order valence-corrected chi connectivity index (χ0v) is 10.4. The van der Waals surface area contributed by atoms with E-state index in [2.05, 4.69) is 51.6 Å². The van der Waals surface area contributed by atoms with Crippen LogP contribution in [0.15, 0.2) is 29.8 Å². The first-order valence-corrected chi connectivity index (χ1v) is 6.56. The van der Waals surface area contributed by atoms with E-state index in [1.165, 1.54) is 24.0 Å². The third-order valence-electron chi connectivity index (χ3n) is 2.75. The van der Waals surface area contributed by atoms with E-state index in [4.69, 9.17) is 0 Å². The minimum atomic E-state index is 0.938. The van der Waals surface area contributed by atoms with E-state index in [0.717, 1.165) is 18.4 Å². The Morgan fingerprint density at radius 2 is 1.80 bits per heavy atom. The zero-order valence-electron chi connectivity index (χ0n) is 8.80. The SMILES string of the molecule is BrCc1ccc(C=C2CCNCC2)cc1. The Balaban J connectivity index is 2.08. The van der Waals surface area contributed by atoms with Gasteiger partial charge in [-0.3, -0.25) is 0 Å². The molecule has 1 aromatic carbocycles. The monoisotopic (exact) mass is 265 g/mol. The van der Waals surface area contributed by atoms with Crippen molar-refractivity contribution in [3.63, 3.8) is 0 Å². The molecule has 0 radical (unpaired) electrons. The molecule has 1 nitrogen and oxygen atoms in total. The van der Waals surface area contributed by atoms with Crippen molar-refractivity contribution in [3.05, 3.63) is 41.0 Å². The maximum atomic E-state index is 3.46. The van der Waals surface area contributed by atoms with E-state index in [-0.39, 0.29) is 0 Å². The van der Waals surface area contributed by atoms with E-state index in [1.54, 1.807) is 5.57 Å². The van der Waals surface area contributed by atoms with Crippen molar-refractivity contribution < 1.29 is 0 Å². The normalized spacial score (nSPS) is 16.5. The molecule has 0 saturated carbocycles. The minimum Gasteiger partial charge on any atom is -0.316 e. The summed E-state index contributed by atoms with van der Waals surface area (Å²) in [5.74, 6) is 0. The van der Waals surface area contributed by atoms with Gasteiger partial charge in [-0.05, 0) is 37.1 Å². The Morgan fingerprint density at radius 3 is 2.40 bits per heavy atom. The topological polar surface area (TPSA) is 12.0 Å². The maximum Gasteiger partial charge on any atom is 0.0283 e. The van der Waals surface area contributed by atoms with Crippen molar-refractivity contribution in [2.45, 2.75) is 18.2 Å². The van der Waals surface area contributed by atoms with Crippen LogP contribution in [0.3, 0.4) is 0 Å². The Hall–Kier alpha value is -0.600. The first kappa shape index (κ1) is 10.9. The number of halogens is 1. The van der Waals surface area contributed by atoms with Crippen molar-refractivity contribution in [2.75, 3.05) is 13.1 Å². The summed E-state index contributed by atoms with van der Waals surface area (Å²) in [5, 5.41) is 4.31. The number of hydrogen-bond acceptors (Lipinski definition) is 1. The van der Waals surface area contributed by atoms with Gasteiger partial charge in [0.25, 0.3) is 0 Å². The van der Waals surface area contributed by atoms with Crippen molar-refractivity contribution in [1.29, 1.82) is 0 Å². The van der Waals surface area contributed by atoms with Gasteiger partial charge in [0.1, 0.15) is 0 Å². The number of benzene rings is 1. The van der Waals surface area contributed by atoms with Gasteiger partial charge in [-0.15, -0.1) is 0 Å². The summed E-state index contributed by atoms with van der Waals surface area (Å²) in [6.45, 7) is 2.26. The second-order valence-corrected chi connectivity index (χ2v) is 4.49. The second kappa shape index (κ2) is 5.47. The second-order valence-electron chi connectivity index (χ2n) is 3.93. The van der Waals surface area contributed by atoms with Crippen LogP contribution in [0, 0.1) is 0 Å². The Morgan fingerprint density at radius 1 is 1.13 bits per heavy atom. The lowest BCUT2D eigenvalue weighted by Gasteiger charge is -2.15. The minimum absolute atomic E-state index is 0.938. The molecule has 1 aliphatic heterocycles. The first-order valence-electron chi connectivity index (χ1n) is 5.43. The molecule has 1 heterocycles. The van der Waals surface area contributed by atoms with E-state index in [9.17, 15) is 0 Å². The maximum absolute atomic E-state index is 3.46. The molecule has 80 valence electrons. The molecule has 0 bridgehead atoms. The largest absolute Gasteiger partial charge is 0.316 e. The standard InChI is InChI=1S/C13H16BrN/c14-10-13-3-1-11(2-4-13)9-12-5-7-15-8-6-12/h1-4,9,15H,5-8,10H2. The van der Waals surface area contributed by atoms with Gasteiger partial charge in [0, 0.05) is 5.33 Å². The van der Waals surface area contributed by atoms with Crippen molar-refractivity contribution >= 4 is 22.0 Å². The molecule has 0 aromatic heterocycles. The van der Waals surface area contributed by atoms with Crippen molar-refractivity contribution in [1.82, 2.24) is 5.32 Å². The number of hydrogen-bond donors (Lipinski definition) is 1. The summed E-state index contributed by atoms with van der Waals surface area (Å²) in [7, 11) is 0. The zero-order chi connectivity index (χ0) is 10.5. The molecule has 0 spiro atoms. The fraction of sp³-hybridized carbons (Fsp3) is 0.385. The van der Waals surface area contributed by atoms with Gasteiger partial charge in [-0.2, -0.15) is 0 Å². The van der Waals surface area contributed by atoms with Crippen LogP contribution in [0.25, 0.3) is 6.08 Å². The molecule has 2 rings (SSSR count). The van der Waals surface area contributed by atoms with Crippen LogP contribution in [0.4, 0.5) is 0 Å². The Kier molecular flexibility index (Phi) is 3.98. The summed E-state index contributed by atoms with van der Waals surface area (Å²) >= 11 is 3.46. The highest BCUT2D eigenvalue weighted by Crippen LogP contribution is 2.16. The van der Waals surface area contributed by atoms with E-state index in [1.807, 2.05) is 0 Å². The lowest BCUT2D eigenvalue weighted by atomic mass is 10.0. The van der Waals surface area contributed by atoms with Crippen molar-refractivity contribution in [2.24, 2.45) is 0 Å². The molecule has 0 unspecified atom stereocenters. The van der Waals surface area contributed by atoms with Crippen LogP contribution < -0.4 is 5.32 Å². The lowest BCUT2D eigenvalue weighted by Crippen LogP contribution is -2.22. The molecule has 1 aromatic rings. The molecular formula is C13H16BrN. The predicted octanol–water partition coefficient (Wildman–Crippen LogP) is 3.35. The van der Waals surface area contributed by atoms with E-state index in [0.29, 0.717) is 0 Å². The van der Waals surface area contributed by atoms with Crippen LogP contribution in [0.2, 0.25) is 0 Å². The van der Waals surface area contributed by atoms with Crippen molar-refractivity contribution in [3.8, 4) is 0 Å². The highest BCUT2D eigenvalue weighted by Gasteiger charge is 2.03. The number of alkyl halides is 1. The Labute approximate surface area is 99.7 Å². The van der Waals surface area contributed by atoms with Gasteiger partial charge in [-0.1, -0.05) is 51.8 Å². The third-order valence-corrected chi connectivity index (χ3v) is 3.40. The molecule has 0 atom stereocenters. The molecule has 0 aliphatic carbocycles. The molecule has 15 heavy (non-hydrogen) atoms. The summed E-state index contributed by atoms with van der Waals surface area (Å²) < 4.78 is 0. The fourth-order valence-corrected chi connectivity index (χ4v) is 2.20. The van der Waals surface area contributed by atoms with E-state index < -0.39 is 0 Å². The molecular weight excluding hydrogens is 250 g/mol. The van der Waals surface area contributed by atoms with Gasteiger partial charge >= 0.3 is 0 Å². The molecule has 2 heteroatoms. The van der Waals surface area contributed by atoms with Gasteiger partial charge in [0.05, 0.1) is 0 Å². The number of nitrogens with one attached hydrogen (secondary N) is 1. The Bertz CT molecular complexity index is 332. The number of piperidine rings is 1. The molecule has 1 fully saturated rings. The molecule has 1 aliphatic rings. The van der Waals surface area contributed by atoms with E-state index >= 15 is 0 Å². The van der Waals surface area contributed by atoms with Gasteiger partial charge < -0.3 is 5.32 Å². The summed E-state index contributed by atoms with van der Waals surface area (Å²) in [6, 6.07) is 8.77. The van der Waals surface area contributed by atoms with Crippen LogP contribution in [-0.4, -0.2) is 13.1 Å². The average molecular weight is 266 g/mol. The lowest BCUT2D eigenvalue weighted by molar-refractivity contribution is 0.613. The smallest absolute Gasteiger partial charge is 0.0283 e. The molecule has 1 N–H and O–H groups in total. The fourth-order valence-electron chi connectivity index (χ4n) is 1.83. The summed E-state index contributed by atoms with van der Waals surface area (Å²) in [4.78, 5) is 0. The first-order chi connectivity index (χ1) is 7.38. The summed E-state index contributed by atoms with van der Waals surface area (Å²) in [6.07, 6.45) is 4.72. The highest BCUT2D eigenvalue weighted by atomic mass is 79.9. The van der Waals surface area contributed by atoms with Crippen LogP contribution in [-0.2, 0) is 5.33 Å². The molecule has 0 amide bonds. The predicted molar refractivity (Wildman–Crippen MR) is 69.2 cm³/mol. The highest BCUT2D eigenvalue weighted by molar-refractivity contribution is 9.08. The number of rotatable bonds is 2. The van der Waals surface area contributed by atoms with Crippen LogP contribution in [0.1, 0.15) is 24.0 Å². The average Bonchev–Trinajstić information content (AvgIpc) is 2.31. The van der Waals surface area contributed by atoms with Gasteiger partial charge in [0.2, 0.25) is 0 Å². The summed E-state index contributed by atoms with van der Waals surface area (Å²) in [5.41, 5.74) is 4.24. The quantitative estimate of drug-likeness (QED) is 0.809. The van der Waals surface area contributed by atoms with Gasteiger partial charge in [-0.25, -0.2) is 0 Å². The third kappa shape index (κ3) is 3.18. The van der Waals surface area contributed by atoms with Crippen LogP contribution in [0.5, 0.6) is 0 Å². The van der Waals surface area contributed by atoms with Gasteiger partial charge in [0.15, 0.2) is 0 Å².